The van der Waals surface area contributed by atoms with Crippen molar-refractivity contribution >= 4 is 28.2 Å². The number of H-pyrrole nitrogens is 1. The standard InChI is InChI=1S/C12H9N5O2/c18-17(19)9-6-13-11-10(9)14-7-15-12(11)16-8-4-2-1-3-5-8/h1-7,13H,(H,14,15,16). The molecule has 2 heterocycles. The summed E-state index contributed by atoms with van der Waals surface area (Å²) in [4.78, 5) is 21.2. The third-order valence-electron chi connectivity index (χ3n) is 2.68. The Kier molecular flexibility index (Phi) is 2.57. The number of para-hydroxylation sites is 1. The first-order valence-electron chi connectivity index (χ1n) is 5.54. The highest BCUT2D eigenvalue weighted by Gasteiger charge is 2.17. The maximum Gasteiger partial charge on any atom is 0.312 e. The molecule has 7 nitrogen and oxygen atoms in total. The topological polar surface area (TPSA) is 96.7 Å². The molecule has 3 rings (SSSR count). The van der Waals surface area contributed by atoms with E-state index in [1.165, 1.54) is 12.5 Å². The molecule has 0 aliphatic heterocycles. The minimum Gasteiger partial charge on any atom is -0.351 e. The number of benzene rings is 1. The molecule has 0 unspecified atom stereocenters. The number of fused-ring (bicyclic) bond motifs is 1. The highest BCUT2D eigenvalue weighted by atomic mass is 16.6. The van der Waals surface area contributed by atoms with Crippen LogP contribution in [0, 0.1) is 10.1 Å². The molecule has 0 fully saturated rings. The number of anilines is 2. The Labute approximate surface area is 107 Å². The van der Waals surface area contributed by atoms with E-state index < -0.39 is 4.92 Å². The highest BCUT2D eigenvalue weighted by Crippen LogP contribution is 2.28. The van der Waals surface area contributed by atoms with Crippen LogP contribution in [0.3, 0.4) is 0 Å². The van der Waals surface area contributed by atoms with Crippen LogP contribution in [0.25, 0.3) is 11.0 Å². The van der Waals surface area contributed by atoms with Gasteiger partial charge in [-0.1, -0.05) is 18.2 Å². The van der Waals surface area contributed by atoms with Crippen LogP contribution in [-0.4, -0.2) is 19.9 Å². The van der Waals surface area contributed by atoms with E-state index in [4.69, 9.17) is 0 Å². The first-order valence-corrected chi connectivity index (χ1v) is 5.54. The van der Waals surface area contributed by atoms with Crippen LogP contribution >= 0.6 is 0 Å². The Morgan fingerprint density at radius 3 is 2.74 bits per heavy atom. The van der Waals surface area contributed by atoms with Crippen LogP contribution in [-0.2, 0) is 0 Å². The fourth-order valence-corrected chi connectivity index (χ4v) is 1.82. The molecule has 0 radical (unpaired) electrons. The van der Waals surface area contributed by atoms with Gasteiger partial charge in [0, 0.05) is 5.69 Å². The number of rotatable bonds is 3. The van der Waals surface area contributed by atoms with Crippen LogP contribution < -0.4 is 5.32 Å². The Bertz CT molecular complexity index is 738. The van der Waals surface area contributed by atoms with Crippen molar-refractivity contribution in [3.63, 3.8) is 0 Å². The molecule has 0 amide bonds. The molecule has 19 heavy (non-hydrogen) atoms. The molecular weight excluding hydrogens is 246 g/mol. The van der Waals surface area contributed by atoms with Gasteiger partial charge in [-0.25, -0.2) is 9.97 Å². The Morgan fingerprint density at radius 1 is 1.21 bits per heavy atom. The van der Waals surface area contributed by atoms with Crippen LogP contribution in [0.5, 0.6) is 0 Å². The van der Waals surface area contributed by atoms with Crippen molar-refractivity contribution in [1.82, 2.24) is 15.0 Å². The van der Waals surface area contributed by atoms with Gasteiger partial charge in [-0.2, -0.15) is 0 Å². The second-order valence-corrected chi connectivity index (χ2v) is 3.87. The van der Waals surface area contributed by atoms with Gasteiger partial charge in [0.15, 0.2) is 11.3 Å². The molecule has 0 atom stereocenters. The molecule has 0 aliphatic rings. The number of nitrogens with zero attached hydrogens (tertiary/aromatic N) is 3. The zero-order chi connectivity index (χ0) is 13.2. The summed E-state index contributed by atoms with van der Waals surface area (Å²) in [7, 11) is 0. The summed E-state index contributed by atoms with van der Waals surface area (Å²) in [6.45, 7) is 0. The van der Waals surface area contributed by atoms with Crippen LogP contribution in [0.1, 0.15) is 0 Å². The number of hydrogen-bond donors (Lipinski definition) is 2. The average Bonchev–Trinajstić information content (AvgIpc) is 2.85. The highest BCUT2D eigenvalue weighted by molar-refractivity contribution is 5.93. The summed E-state index contributed by atoms with van der Waals surface area (Å²) >= 11 is 0. The van der Waals surface area contributed by atoms with E-state index >= 15 is 0 Å². The van der Waals surface area contributed by atoms with Gasteiger partial charge in [0.1, 0.15) is 11.8 Å². The lowest BCUT2D eigenvalue weighted by atomic mass is 10.3. The number of nitrogens with one attached hydrogen (secondary N) is 2. The maximum absolute atomic E-state index is 10.9. The largest absolute Gasteiger partial charge is 0.351 e. The van der Waals surface area contributed by atoms with Crippen molar-refractivity contribution in [2.45, 2.75) is 0 Å². The van der Waals surface area contributed by atoms with Gasteiger partial charge < -0.3 is 10.3 Å². The Morgan fingerprint density at radius 2 is 2.00 bits per heavy atom. The molecule has 3 aromatic rings. The smallest absolute Gasteiger partial charge is 0.312 e. The predicted octanol–water partition coefficient (Wildman–Crippen LogP) is 2.61. The van der Waals surface area contributed by atoms with Crippen molar-refractivity contribution in [1.29, 1.82) is 0 Å². The van der Waals surface area contributed by atoms with E-state index in [2.05, 4.69) is 20.3 Å². The van der Waals surface area contributed by atoms with E-state index in [1.54, 1.807) is 0 Å². The molecular formula is C12H9N5O2. The van der Waals surface area contributed by atoms with Gasteiger partial charge in [-0.3, -0.25) is 10.1 Å². The van der Waals surface area contributed by atoms with Crippen molar-refractivity contribution in [3.8, 4) is 0 Å². The molecule has 94 valence electrons. The van der Waals surface area contributed by atoms with Gasteiger partial charge in [0.05, 0.1) is 11.1 Å². The van der Waals surface area contributed by atoms with Gasteiger partial charge in [-0.15, -0.1) is 0 Å². The average molecular weight is 255 g/mol. The zero-order valence-electron chi connectivity index (χ0n) is 9.70. The maximum atomic E-state index is 10.9. The minimum atomic E-state index is -0.474. The number of aromatic amines is 1. The lowest BCUT2D eigenvalue weighted by Gasteiger charge is -2.05. The number of aromatic nitrogens is 3. The summed E-state index contributed by atoms with van der Waals surface area (Å²) in [6, 6.07) is 9.44. The van der Waals surface area contributed by atoms with Crippen LogP contribution in [0.2, 0.25) is 0 Å². The molecule has 0 aliphatic carbocycles. The lowest BCUT2D eigenvalue weighted by Crippen LogP contribution is -1.95. The SMILES string of the molecule is O=[N+]([O-])c1c[nH]c2c(Nc3ccccc3)ncnc12. The minimum absolute atomic E-state index is 0.0616. The van der Waals surface area contributed by atoms with E-state index in [0.717, 1.165) is 5.69 Å². The fraction of sp³-hybridized carbons (Fsp3) is 0. The molecule has 0 bridgehead atoms. The van der Waals surface area contributed by atoms with Crippen molar-refractivity contribution < 1.29 is 4.92 Å². The van der Waals surface area contributed by atoms with E-state index in [-0.39, 0.29) is 5.69 Å². The predicted molar refractivity (Wildman–Crippen MR) is 70.3 cm³/mol. The Hall–Kier alpha value is -2.96. The molecule has 2 aromatic heterocycles. The van der Waals surface area contributed by atoms with Crippen LogP contribution in [0.4, 0.5) is 17.2 Å². The summed E-state index contributed by atoms with van der Waals surface area (Å²) in [5.41, 5.74) is 1.59. The second kappa shape index (κ2) is 4.37. The summed E-state index contributed by atoms with van der Waals surface area (Å²) in [5, 5.41) is 13.9. The van der Waals surface area contributed by atoms with E-state index in [9.17, 15) is 10.1 Å². The monoisotopic (exact) mass is 255 g/mol. The Balaban J connectivity index is 2.07. The first kappa shape index (κ1) is 11.1. The quantitative estimate of drug-likeness (QED) is 0.553. The van der Waals surface area contributed by atoms with E-state index in [0.29, 0.717) is 16.9 Å². The van der Waals surface area contributed by atoms with Crippen molar-refractivity contribution in [3.05, 3.63) is 53.0 Å². The van der Waals surface area contributed by atoms with Crippen LogP contribution in [0.15, 0.2) is 42.9 Å². The summed E-state index contributed by atoms with van der Waals surface area (Å²) < 4.78 is 0. The second-order valence-electron chi connectivity index (χ2n) is 3.87. The third kappa shape index (κ3) is 1.97. The van der Waals surface area contributed by atoms with Crippen molar-refractivity contribution in [2.24, 2.45) is 0 Å². The normalized spacial score (nSPS) is 10.5. The molecule has 7 heteroatoms. The van der Waals surface area contributed by atoms with Crippen molar-refractivity contribution in [2.75, 3.05) is 5.32 Å². The molecule has 1 aromatic carbocycles. The first-order chi connectivity index (χ1) is 9.25. The molecule has 0 saturated heterocycles. The van der Waals surface area contributed by atoms with Gasteiger partial charge in [-0.05, 0) is 12.1 Å². The third-order valence-corrected chi connectivity index (χ3v) is 2.68. The molecule has 0 spiro atoms. The van der Waals surface area contributed by atoms with Gasteiger partial charge >= 0.3 is 5.69 Å². The summed E-state index contributed by atoms with van der Waals surface area (Å²) in [5.74, 6) is 0.504. The molecule has 0 saturated carbocycles. The summed E-state index contributed by atoms with van der Waals surface area (Å²) in [6.07, 6.45) is 2.62. The van der Waals surface area contributed by atoms with E-state index in [1.807, 2.05) is 30.3 Å². The van der Waals surface area contributed by atoms with Gasteiger partial charge in [0.25, 0.3) is 0 Å². The lowest BCUT2D eigenvalue weighted by molar-refractivity contribution is -0.383. The number of hydrogen-bond acceptors (Lipinski definition) is 5. The number of nitro groups is 1. The fourth-order valence-electron chi connectivity index (χ4n) is 1.82. The zero-order valence-corrected chi connectivity index (χ0v) is 9.70. The van der Waals surface area contributed by atoms with Gasteiger partial charge in [0.2, 0.25) is 0 Å². The molecule has 2 N–H and O–H groups in total.